The highest BCUT2D eigenvalue weighted by Gasteiger charge is 2.25. The van der Waals surface area contributed by atoms with Crippen molar-refractivity contribution in [3.8, 4) is 0 Å². The minimum atomic E-state index is 0.128. The first kappa shape index (κ1) is 12.1. The molecule has 0 radical (unpaired) electrons. The van der Waals surface area contributed by atoms with Gasteiger partial charge in [-0.15, -0.1) is 0 Å². The van der Waals surface area contributed by atoms with E-state index in [1.54, 1.807) is 0 Å². The molecule has 17 heavy (non-hydrogen) atoms. The van der Waals surface area contributed by atoms with Gasteiger partial charge in [0.1, 0.15) is 0 Å². The summed E-state index contributed by atoms with van der Waals surface area (Å²) in [6, 6.07) is 0. The SMILES string of the molecule is CCN(CC1CCC1)C(=O)c1c(C)n[nH]c1C. The molecule has 1 N–H and O–H groups in total. The van der Waals surface area contributed by atoms with Crippen LogP contribution in [0.25, 0.3) is 0 Å². The average molecular weight is 235 g/mol. The number of carbonyl (C=O) groups is 1. The number of aryl methyl sites for hydroxylation is 2. The Bertz CT molecular complexity index is 387. The van der Waals surface area contributed by atoms with Crippen LogP contribution in [0.3, 0.4) is 0 Å². The smallest absolute Gasteiger partial charge is 0.257 e. The minimum Gasteiger partial charge on any atom is -0.339 e. The van der Waals surface area contributed by atoms with E-state index in [9.17, 15) is 4.79 Å². The molecule has 0 aromatic carbocycles. The Morgan fingerprint density at radius 2 is 2.18 bits per heavy atom. The van der Waals surface area contributed by atoms with Crippen LogP contribution in [0.1, 0.15) is 47.9 Å². The number of hydrogen-bond donors (Lipinski definition) is 1. The van der Waals surface area contributed by atoms with Crippen molar-refractivity contribution in [3.63, 3.8) is 0 Å². The molecule has 1 amide bonds. The molecular weight excluding hydrogens is 214 g/mol. The van der Waals surface area contributed by atoms with Crippen molar-refractivity contribution >= 4 is 5.91 Å². The predicted molar refractivity (Wildman–Crippen MR) is 67.0 cm³/mol. The predicted octanol–water partition coefficient (Wildman–Crippen LogP) is 2.29. The molecule has 0 saturated heterocycles. The lowest BCUT2D eigenvalue weighted by Crippen LogP contribution is -2.37. The highest BCUT2D eigenvalue weighted by Crippen LogP contribution is 2.27. The molecule has 1 fully saturated rings. The summed E-state index contributed by atoms with van der Waals surface area (Å²) in [5, 5.41) is 6.98. The van der Waals surface area contributed by atoms with Gasteiger partial charge in [-0.3, -0.25) is 9.89 Å². The zero-order valence-corrected chi connectivity index (χ0v) is 10.9. The normalized spacial score (nSPS) is 15.7. The second-order valence-electron chi connectivity index (χ2n) is 4.95. The summed E-state index contributed by atoms with van der Waals surface area (Å²) in [6.07, 6.45) is 3.86. The third-order valence-corrected chi connectivity index (χ3v) is 3.71. The summed E-state index contributed by atoms with van der Waals surface area (Å²) >= 11 is 0. The third-order valence-electron chi connectivity index (χ3n) is 3.71. The molecule has 94 valence electrons. The maximum Gasteiger partial charge on any atom is 0.257 e. The summed E-state index contributed by atoms with van der Waals surface area (Å²) < 4.78 is 0. The summed E-state index contributed by atoms with van der Waals surface area (Å²) in [5.41, 5.74) is 2.44. The van der Waals surface area contributed by atoms with Gasteiger partial charge < -0.3 is 4.90 Å². The molecule has 1 aliphatic carbocycles. The van der Waals surface area contributed by atoms with Gasteiger partial charge >= 0.3 is 0 Å². The average Bonchev–Trinajstić information content (AvgIpc) is 2.56. The van der Waals surface area contributed by atoms with Crippen LogP contribution in [0.5, 0.6) is 0 Å². The van der Waals surface area contributed by atoms with Gasteiger partial charge in [-0.05, 0) is 39.5 Å². The van der Waals surface area contributed by atoms with Crippen LogP contribution < -0.4 is 0 Å². The van der Waals surface area contributed by atoms with Crippen molar-refractivity contribution in [2.75, 3.05) is 13.1 Å². The van der Waals surface area contributed by atoms with E-state index in [-0.39, 0.29) is 5.91 Å². The van der Waals surface area contributed by atoms with Crippen molar-refractivity contribution in [1.29, 1.82) is 0 Å². The number of carbonyl (C=O) groups excluding carboxylic acids is 1. The Labute approximate surface area is 102 Å². The summed E-state index contributed by atoms with van der Waals surface area (Å²) in [4.78, 5) is 14.4. The van der Waals surface area contributed by atoms with Gasteiger partial charge in [-0.2, -0.15) is 5.10 Å². The van der Waals surface area contributed by atoms with E-state index in [1.165, 1.54) is 19.3 Å². The standard InChI is InChI=1S/C13H21N3O/c1-4-16(8-11-6-5-7-11)13(17)12-9(2)14-15-10(12)3/h11H,4-8H2,1-3H3,(H,14,15). The first-order chi connectivity index (χ1) is 8.13. The van der Waals surface area contributed by atoms with Crippen LogP contribution in [-0.2, 0) is 0 Å². The highest BCUT2D eigenvalue weighted by molar-refractivity contribution is 5.96. The van der Waals surface area contributed by atoms with Crippen molar-refractivity contribution in [3.05, 3.63) is 17.0 Å². The lowest BCUT2D eigenvalue weighted by Gasteiger charge is -2.31. The van der Waals surface area contributed by atoms with Gasteiger partial charge in [-0.1, -0.05) is 6.42 Å². The van der Waals surface area contributed by atoms with Gasteiger partial charge in [0.15, 0.2) is 0 Å². The Morgan fingerprint density at radius 1 is 1.47 bits per heavy atom. The maximum absolute atomic E-state index is 12.4. The quantitative estimate of drug-likeness (QED) is 0.870. The minimum absolute atomic E-state index is 0.128. The number of nitrogens with one attached hydrogen (secondary N) is 1. The molecule has 0 unspecified atom stereocenters. The molecule has 0 spiro atoms. The molecule has 1 aromatic heterocycles. The second-order valence-corrected chi connectivity index (χ2v) is 4.95. The number of amides is 1. The molecule has 2 rings (SSSR count). The molecule has 4 nitrogen and oxygen atoms in total. The van der Waals surface area contributed by atoms with Crippen LogP contribution in [0.4, 0.5) is 0 Å². The number of aromatic nitrogens is 2. The third kappa shape index (κ3) is 2.35. The van der Waals surface area contributed by atoms with Crippen LogP contribution >= 0.6 is 0 Å². The summed E-state index contributed by atoms with van der Waals surface area (Å²) in [5.74, 6) is 0.842. The van der Waals surface area contributed by atoms with E-state index >= 15 is 0 Å². The zero-order chi connectivity index (χ0) is 12.4. The molecule has 0 aliphatic heterocycles. The second kappa shape index (κ2) is 4.90. The van der Waals surface area contributed by atoms with Crippen LogP contribution in [-0.4, -0.2) is 34.1 Å². The van der Waals surface area contributed by atoms with Gasteiger partial charge in [0.25, 0.3) is 5.91 Å². The maximum atomic E-state index is 12.4. The van der Waals surface area contributed by atoms with Gasteiger partial charge in [-0.25, -0.2) is 0 Å². The Balaban J connectivity index is 2.10. The van der Waals surface area contributed by atoms with Gasteiger partial charge in [0.2, 0.25) is 0 Å². The lowest BCUT2D eigenvalue weighted by atomic mass is 9.85. The fourth-order valence-electron chi connectivity index (χ4n) is 2.37. The highest BCUT2D eigenvalue weighted by atomic mass is 16.2. The van der Waals surface area contributed by atoms with Gasteiger partial charge in [0, 0.05) is 18.8 Å². The molecule has 1 heterocycles. The Hall–Kier alpha value is -1.32. The number of hydrogen-bond acceptors (Lipinski definition) is 2. The van der Waals surface area contributed by atoms with Crippen LogP contribution in [0, 0.1) is 19.8 Å². The molecule has 1 saturated carbocycles. The molecule has 0 bridgehead atoms. The Morgan fingerprint density at radius 3 is 2.59 bits per heavy atom. The zero-order valence-electron chi connectivity index (χ0n) is 10.9. The van der Waals surface area contributed by atoms with E-state index in [4.69, 9.17) is 0 Å². The van der Waals surface area contributed by atoms with E-state index < -0.39 is 0 Å². The van der Waals surface area contributed by atoms with E-state index in [2.05, 4.69) is 10.2 Å². The monoisotopic (exact) mass is 235 g/mol. The van der Waals surface area contributed by atoms with Crippen molar-refractivity contribution in [1.82, 2.24) is 15.1 Å². The largest absolute Gasteiger partial charge is 0.339 e. The number of nitrogens with zero attached hydrogens (tertiary/aromatic N) is 2. The lowest BCUT2D eigenvalue weighted by molar-refractivity contribution is 0.0705. The number of rotatable bonds is 4. The van der Waals surface area contributed by atoms with E-state index in [0.717, 1.165) is 30.0 Å². The molecular formula is C13H21N3O. The first-order valence-electron chi connectivity index (χ1n) is 6.44. The fraction of sp³-hybridized carbons (Fsp3) is 0.692. The van der Waals surface area contributed by atoms with Crippen LogP contribution in [0.15, 0.2) is 0 Å². The molecule has 1 aliphatic rings. The molecule has 1 aromatic rings. The van der Waals surface area contributed by atoms with Crippen LogP contribution in [0.2, 0.25) is 0 Å². The van der Waals surface area contributed by atoms with Crippen molar-refractivity contribution < 1.29 is 4.79 Å². The van der Waals surface area contributed by atoms with E-state index in [1.807, 2.05) is 25.7 Å². The first-order valence-corrected chi connectivity index (χ1v) is 6.44. The Kier molecular flexibility index (Phi) is 3.50. The number of aromatic amines is 1. The topological polar surface area (TPSA) is 49.0 Å². The summed E-state index contributed by atoms with van der Waals surface area (Å²) in [7, 11) is 0. The molecule has 0 atom stereocenters. The fourth-order valence-corrected chi connectivity index (χ4v) is 2.37. The van der Waals surface area contributed by atoms with E-state index in [0.29, 0.717) is 5.92 Å². The molecule has 4 heteroatoms. The van der Waals surface area contributed by atoms with Gasteiger partial charge in [0.05, 0.1) is 11.3 Å². The van der Waals surface area contributed by atoms with Crippen molar-refractivity contribution in [2.45, 2.75) is 40.0 Å². The van der Waals surface area contributed by atoms with Crippen molar-refractivity contribution in [2.24, 2.45) is 5.92 Å². The summed E-state index contributed by atoms with van der Waals surface area (Å²) in [6.45, 7) is 7.51. The number of H-pyrrole nitrogens is 1.